The molecule has 2 aromatic rings. The summed E-state index contributed by atoms with van der Waals surface area (Å²) in [7, 11) is 1.39. The van der Waals surface area contributed by atoms with E-state index >= 15 is 0 Å². The number of imide groups is 1. The first-order chi connectivity index (χ1) is 14.7. The molecular weight excluding hydrogens is 447 g/mol. The van der Waals surface area contributed by atoms with E-state index in [4.69, 9.17) is 32.7 Å². The standard InChI is InChI=1S/C21H18Cl2N2O6/c1-11(20(27)28)31-17-6-3-12(8-18(17)30-2)7-16-19(26)25(21(29)24-16)10-13-4-5-14(22)9-15(13)23/h3-9,11H,10H2,1-2H3,(H,24,29)(H,27,28)/p-1/b16-7-/t11-/m0/s1. The summed E-state index contributed by atoms with van der Waals surface area (Å²) in [5.41, 5.74) is 1.16. The first kappa shape index (κ1) is 22.5. The molecule has 1 saturated heterocycles. The highest BCUT2D eigenvalue weighted by molar-refractivity contribution is 6.35. The zero-order valence-corrected chi connectivity index (χ0v) is 18.0. The van der Waals surface area contributed by atoms with Gasteiger partial charge in [-0.25, -0.2) is 4.79 Å². The number of methoxy groups -OCH3 is 1. The lowest BCUT2D eigenvalue weighted by molar-refractivity contribution is -0.312. The van der Waals surface area contributed by atoms with Gasteiger partial charge in [0.25, 0.3) is 5.91 Å². The van der Waals surface area contributed by atoms with E-state index in [2.05, 4.69) is 5.32 Å². The predicted octanol–water partition coefficient (Wildman–Crippen LogP) is 2.61. The third kappa shape index (κ3) is 5.10. The molecule has 0 unspecified atom stereocenters. The van der Waals surface area contributed by atoms with Gasteiger partial charge in [0.2, 0.25) is 0 Å². The van der Waals surface area contributed by atoms with Gasteiger partial charge in [-0.2, -0.15) is 0 Å². The van der Waals surface area contributed by atoms with Crippen molar-refractivity contribution < 1.29 is 29.0 Å². The Morgan fingerprint density at radius 2 is 1.94 bits per heavy atom. The Kier molecular flexibility index (Phi) is 6.72. The molecule has 0 aromatic heterocycles. The van der Waals surface area contributed by atoms with Gasteiger partial charge in [0.15, 0.2) is 11.5 Å². The van der Waals surface area contributed by atoms with E-state index in [1.54, 1.807) is 24.3 Å². The predicted molar refractivity (Wildman–Crippen MR) is 112 cm³/mol. The Hall–Kier alpha value is -3.23. The maximum atomic E-state index is 12.7. The molecule has 1 fully saturated rings. The van der Waals surface area contributed by atoms with Crippen molar-refractivity contribution >= 4 is 47.2 Å². The largest absolute Gasteiger partial charge is 0.546 e. The second kappa shape index (κ2) is 9.28. The monoisotopic (exact) mass is 463 g/mol. The molecule has 1 aliphatic rings. The molecule has 10 heteroatoms. The van der Waals surface area contributed by atoms with Crippen LogP contribution in [0.3, 0.4) is 0 Å². The molecule has 0 bridgehead atoms. The van der Waals surface area contributed by atoms with Crippen molar-refractivity contribution in [3.05, 3.63) is 63.3 Å². The van der Waals surface area contributed by atoms with E-state index < -0.39 is 24.0 Å². The molecular formula is C21H17Cl2N2O6-. The molecule has 0 spiro atoms. The number of carboxylic acid groups (broad SMARTS) is 1. The summed E-state index contributed by atoms with van der Waals surface area (Å²) in [5.74, 6) is -1.44. The normalized spacial score (nSPS) is 15.7. The lowest BCUT2D eigenvalue weighted by Crippen LogP contribution is -2.37. The Bertz CT molecular complexity index is 1090. The average Bonchev–Trinajstić information content (AvgIpc) is 2.98. The summed E-state index contributed by atoms with van der Waals surface area (Å²) >= 11 is 12.0. The van der Waals surface area contributed by atoms with Crippen LogP contribution in [0.25, 0.3) is 6.08 Å². The van der Waals surface area contributed by atoms with Crippen LogP contribution in [0.4, 0.5) is 4.79 Å². The van der Waals surface area contributed by atoms with E-state index in [-0.39, 0.29) is 23.7 Å². The number of urea groups is 1. The number of hydrogen-bond acceptors (Lipinski definition) is 6. The lowest BCUT2D eigenvalue weighted by Gasteiger charge is -2.17. The van der Waals surface area contributed by atoms with Crippen LogP contribution in [0.1, 0.15) is 18.1 Å². The van der Waals surface area contributed by atoms with E-state index in [1.165, 1.54) is 32.2 Å². The van der Waals surface area contributed by atoms with Crippen molar-refractivity contribution in [2.75, 3.05) is 7.11 Å². The fourth-order valence-electron chi connectivity index (χ4n) is 2.81. The zero-order valence-electron chi connectivity index (χ0n) is 16.5. The van der Waals surface area contributed by atoms with E-state index in [0.717, 1.165) is 4.90 Å². The Morgan fingerprint density at radius 3 is 2.58 bits per heavy atom. The smallest absolute Gasteiger partial charge is 0.329 e. The van der Waals surface area contributed by atoms with E-state index in [0.29, 0.717) is 21.2 Å². The topological polar surface area (TPSA) is 108 Å². The van der Waals surface area contributed by atoms with Crippen molar-refractivity contribution in [1.82, 2.24) is 10.2 Å². The molecule has 1 N–H and O–H groups in total. The number of halogens is 2. The quantitative estimate of drug-likeness (QED) is 0.499. The minimum absolute atomic E-state index is 0.0186. The third-order valence-corrected chi connectivity index (χ3v) is 5.03. The zero-order chi connectivity index (χ0) is 22.7. The number of nitrogens with zero attached hydrogens (tertiary/aromatic N) is 1. The van der Waals surface area contributed by atoms with Crippen LogP contribution < -0.4 is 19.9 Å². The molecule has 162 valence electrons. The Balaban J connectivity index is 1.81. The maximum absolute atomic E-state index is 12.7. The number of benzene rings is 2. The highest BCUT2D eigenvalue weighted by Gasteiger charge is 2.34. The van der Waals surface area contributed by atoms with Gasteiger partial charge in [-0.05, 0) is 48.4 Å². The highest BCUT2D eigenvalue weighted by atomic mass is 35.5. The molecule has 1 aliphatic heterocycles. The van der Waals surface area contributed by atoms with Gasteiger partial charge >= 0.3 is 6.03 Å². The molecule has 3 rings (SSSR count). The minimum atomic E-state index is -1.37. The van der Waals surface area contributed by atoms with Crippen LogP contribution in [0.15, 0.2) is 42.1 Å². The number of rotatable bonds is 7. The van der Waals surface area contributed by atoms with E-state index in [1.807, 2.05) is 0 Å². The Morgan fingerprint density at radius 1 is 1.19 bits per heavy atom. The summed E-state index contributed by atoms with van der Waals surface area (Å²) in [5, 5.41) is 14.2. The minimum Gasteiger partial charge on any atom is -0.546 e. The van der Waals surface area contributed by atoms with Crippen LogP contribution >= 0.6 is 23.2 Å². The first-order valence-electron chi connectivity index (χ1n) is 9.03. The SMILES string of the molecule is COc1cc(/C=C2\NC(=O)N(Cc3ccc(Cl)cc3Cl)C2=O)ccc1O[C@@H](C)C(=O)[O-]. The van der Waals surface area contributed by atoms with Gasteiger partial charge in [0.05, 0.1) is 19.6 Å². The van der Waals surface area contributed by atoms with Gasteiger partial charge in [0, 0.05) is 10.0 Å². The number of carbonyl (C=O) groups excluding carboxylic acids is 3. The van der Waals surface area contributed by atoms with Gasteiger partial charge in [-0.3, -0.25) is 9.69 Å². The number of aliphatic carboxylic acids is 1. The van der Waals surface area contributed by atoms with Crippen LogP contribution in [0.5, 0.6) is 11.5 Å². The molecule has 2 aromatic carbocycles. The fourth-order valence-corrected chi connectivity index (χ4v) is 3.28. The van der Waals surface area contributed by atoms with Gasteiger partial charge in [-0.1, -0.05) is 35.3 Å². The first-order valence-corrected chi connectivity index (χ1v) is 9.79. The maximum Gasteiger partial charge on any atom is 0.329 e. The van der Waals surface area contributed by atoms with Gasteiger partial charge < -0.3 is 24.7 Å². The Labute approximate surface area is 187 Å². The lowest BCUT2D eigenvalue weighted by atomic mass is 10.1. The number of nitrogens with one attached hydrogen (secondary N) is 1. The second-order valence-corrected chi connectivity index (χ2v) is 7.45. The van der Waals surface area contributed by atoms with Crippen molar-refractivity contribution in [3.8, 4) is 11.5 Å². The van der Waals surface area contributed by atoms with Crippen molar-refractivity contribution in [3.63, 3.8) is 0 Å². The number of carbonyl (C=O) groups is 3. The van der Waals surface area contributed by atoms with Gasteiger partial charge in [0.1, 0.15) is 11.8 Å². The summed E-state index contributed by atoms with van der Waals surface area (Å²) in [6.07, 6.45) is 0.292. The number of ether oxygens (including phenoxy) is 2. The van der Waals surface area contributed by atoms with Crippen LogP contribution in [-0.4, -0.2) is 36.0 Å². The molecule has 0 radical (unpaired) electrons. The molecule has 0 aliphatic carbocycles. The average molecular weight is 464 g/mol. The molecule has 31 heavy (non-hydrogen) atoms. The molecule has 0 saturated carbocycles. The highest BCUT2D eigenvalue weighted by Crippen LogP contribution is 2.30. The van der Waals surface area contributed by atoms with E-state index in [9.17, 15) is 19.5 Å². The number of amides is 3. The summed E-state index contributed by atoms with van der Waals surface area (Å²) in [6, 6.07) is 8.84. The van der Waals surface area contributed by atoms with Crippen molar-refractivity contribution in [1.29, 1.82) is 0 Å². The van der Waals surface area contributed by atoms with Crippen LogP contribution in [0, 0.1) is 0 Å². The van der Waals surface area contributed by atoms with Crippen LogP contribution in [-0.2, 0) is 16.1 Å². The number of hydrogen-bond donors (Lipinski definition) is 1. The van der Waals surface area contributed by atoms with Crippen molar-refractivity contribution in [2.45, 2.75) is 19.6 Å². The third-order valence-electron chi connectivity index (χ3n) is 4.44. The summed E-state index contributed by atoms with van der Waals surface area (Å²) < 4.78 is 10.5. The second-order valence-electron chi connectivity index (χ2n) is 6.60. The molecule has 8 nitrogen and oxygen atoms in total. The summed E-state index contributed by atoms with van der Waals surface area (Å²) in [6.45, 7) is 1.31. The fraction of sp³-hybridized carbons (Fsp3) is 0.190. The van der Waals surface area contributed by atoms with Crippen LogP contribution in [0.2, 0.25) is 10.0 Å². The molecule has 3 amide bonds. The van der Waals surface area contributed by atoms with Crippen molar-refractivity contribution in [2.24, 2.45) is 0 Å². The number of carboxylic acids is 1. The molecule has 1 heterocycles. The summed E-state index contributed by atoms with van der Waals surface area (Å²) in [4.78, 5) is 36.9. The molecule has 1 atom stereocenters. The van der Waals surface area contributed by atoms with Gasteiger partial charge in [-0.15, -0.1) is 0 Å².